The average Bonchev–Trinajstić information content (AvgIpc) is 3.01. The van der Waals surface area contributed by atoms with E-state index in [1.54, 1.807) is 0 Å². The van der Waals surface area contributed by atoms with Gasteiger partial charge in [-0.1, -0.05) is 5.16 Å². The highest BCUT2D eigenvalue weighted by Gasteiger charge is 2.22. The van der Waals surface area contributed by atoms with Gasteiger partial charge in [0, 0.05) is 13.2 Å². The van der Waals surface area contributed by atoms with Crippen molar-refractivity contribution in [3.63, 3.8) is 0 Å². The van der Waals surface area contributed by atoms with Crippen molar-refractivity contribution in [1.29, 1.82) is 0 Å². The molecule has 0 radical (unpaired) electrons. The molecular weight excluding hydrogens is 244 g/mol. The molecule has 1 aromatic heterocycles. The van der Waals surface area contributed by atoms with Crippen molar-refractivity contribution < 1.29 is 9.26 Å². The third-order valence-corrected chi connectivity index (χ3v) is 3.12. The molecule has 0 bridgehead atoms. The molecule has 0 aliphatic heterocycles. The molecule has 1 heterocycles. The zero-order valence-corrected chi connectivity index (χ0v) is 12.1. The zero-order valence-electron chi connectivity index (χ0n) is 12.1. The molecule has 2 rings (SSSR count). The Morgan fingerprint density at radius 1 is 1.47 bits per heavy atom. The smallest absolute Gasteiger partial charge is 0.240 e. The van der Waals surface area contributed by atoms with Crippen molar-refractivity contribution in [2.75, 3.05) is 26.8 Å². The second-order valence-electron chi connectivity index (χ2n) is 5.99. The molecule has 108 valence electrons. The first kappa shape index (κ1) is 14.4. The molecule has 0 atom stereocenters. The normalized spacial score (nSPS) is 16.3. The molecule has 1 fully saturated rings. The number of ether oxygens (including phenoxy) is 1. The van der Waals surface area contributed by atoms with Crippen LogP contribution in [0.25, 0.3) is 0 Å². The van der Waals surface area contributed by atoms with E-state index in [4.69, 9.17) is 15.0 Å². The van der Waals surface area contributed by atoms with E-state index in [1.807, 2.05) is 20.9 Å². The Morgan fingerprint density at radius 3 is 2.79 bits per heavy atom. The highest BCUT2D eigenvalue weighted by atomic mass is 16.5. The van der Waals surface area contributed by atoms with Crippen LogP contribution in [-0.2, 0) is 16.8 Å². The van der Waals surface area contributed by atoms with Crippen molar-refractivity contribution in [3.8, 4) is 0 Å². The maximum Gasteiger partial charge on any atom is 0.240 e. The van der Waals surface area contributed by atoms with Crippen LogP contribution in [0, 0.1) is 5.92 Å². The summed E-state index contributed by atoms with van der Waals surface area (Å²) >= 11 is 0. The van der Waals surface area contributed by atoms with Gasteiger partial charge >= 0.3 is 0 Å². The summed E-state index contributed by atoms with van der Waals surface area (Å²) in [6, 6.07) is 0. The first-order valence-electron chi connectivity index (χ1n) is 6.83. The minimum atomic E-state index is -0.562. The maximum absolute atomic E-state index is 5.91. The van der Waals surface area contributed by atoms with E-state index in [2.05, 4.69) is 15.0 Å². The molecule has 6 heteroatoms. The summed E-state index contributed by atoms with van der Waals surface area (Å²) in [5.41, 5.74) is 5.35. The molecule has 1 aromatic rings. The molecule has 19 heavy (non-hydrogen) atoms. The van der Waals surface area contributed by atoms with Crippen molar-refractivity contribution in [2.45, 2.75) is 38.8 Å². The number of nitrogens with two attached hydrogens (primary N) is 1. The van der Waals surface area contributed by atoms with Crippen LogP contribution >= 0.6 is 0 Å². The van der Waals surface area contributed by atoms with Crippen LogP contribution in [0.3, 0.4) is 0 Å². The predicted octanol–water partition coefficient (Wildman–Crippen LogP) is 1.12. The second-order valence-corrected chi connectivity index (χ2v) is 5.99. The fraction of sp³-hybridized carbons (Fsp3) is 0.846. The molecule has 0 aromatic carbocycles. The van der Waals surface area contributed by atoms with E-state index in [9.17, 15) is 0 Å². The van der Waals surface area contributed by atoms with E-state index < -0.39 is 5.54 Å². The van der Waals surface area contributed by atoms with Crippen LogP contribution in [0.4, 0.5) is 0 Å². The summed E-state index contributed by atoms with van der Waals surface area (Å²) in [4.78, 5) is 6.41. The molecule has 0 unspecified atom stereocenters. The molecule has 6 nitrogen and oxygen atoms in total. The van der Waals surface area contributed by atoms with Gasteiger partial charge in [0.15, 0.2) is 5.82 Å². The number of rotatable bonds is 8. The molecule has 0 saturated heterocycles. The Balaban J connectivity index is 1.68. The van der Waals surface area contributed by atoms with Crippen LogP contribution in [0.2, 0.25) is 0 Å². The quantitative estimate of drug-likeness (QED) is 0.712. The second kappa shape index (κ2) is 5.98. The van der Waals surface area contributed by atoms with E-state index in [0.29, 0.717) is 18.3 Å². The zero-order chi connectivity index (χ0) is 13.9. The van der Waals surface area contributed by atoms with Crippen LogP contribution in [-0.4, -0.2) is 41.8 Å². The lowest BCUT2D eigenvalue weighted by Crippen LogP contribution is -2.30. The van der Waals surface area contributed by atoms with Crippen molar-refractivity contribution in [2.24, 2.45) is 11.7 Å². The molecule has 1 aliphatic rings. The third-order valence-electron chi connectivity index (χ3n) is 3.12. The van der Waals surface area contributed by atoms with Gasteiger partial charge in [-0.05, 0) is 39.7 Å². The van der Waals surface area contributed by atoms with E-state index in [0.717, 1.165) is 25.7 Å². The Bertz CT molecular complexity index is 396. The van der Waals surface area contributed by atoms with E-state index in [1.165, 1.54) is 12.8 Å². The molecule has 1 saturated carbocycles. The SMILES string of the molecule is CN(CCOCC1CC1)Cc1nc(C(C)(C)N)no1. The number of hydrogen-bond acceptors (Lipinski definition) is 6. The highest BCUT2D eigenvalue weighted by Crippen LogP contribution is 2.28. The lowest BCUT2D eigenvalue weighted by molar-refractivity contribution is 0.0988. The Hall–Kier alpha value is -0.980. The lowest BCUT2D eigenvalue weighted by atomic mass is 10.1. The fourth-order valence-electron chi connectivity index (χ4n) is 1.65. The van der Waals surface area contributed by atoms with Crippen molar-refractivity contribution in [1.82, 2.24) is 15.0 Å². The van der Waals surface area contributed by atoms with Gasteiger partial charge in [0.1, 0.15) is 0 Å². The molecular formula is C13H24N4O2. The number of aromatic nitrogens is 2. The number of likely N-dealkylation sites (N-methyl/N-ethyl adjacent to an activating group) is 1. The fourth-order valence-corrected chi connectivity index (χ4v) is 1.65. The first-order valence-corrected chi connectivity index (χ1v) is 6.83. The number of nitrogens with zero attached hydrogens (tertiary/aromatic N) is 3. The summed E-state index contributed by atoms with van der Waals surface area (Å²) in [6.07, 6.45) is 2.66. The lowest BCUT2D eigenvalue weighted by Gasteiger charge is -2.14. The molecule has 0 spiro atoms. The van der Waals surface area contributed by atoms with Gasteiger partial charge in [0.2, 0.25) is 5.89 Å². The van der Waals surface area contributed by atoms with Gasteiger partial charge in [-0.15, -0.1) is 0 Å². The first-order chi connectivity index (χ1) is 8.95. The minimum absolute atomic E-state index is 0.542. The average molecular weight is 268 g/mol. The molecule has 0 amide bonds. The maximum atomic E-state index is 5.91. The van der Waals surface area contributed by atoms with Gasteiger partial charge in [0.05, 0.1) is 18.7 Å². The van der Waals surface area contributed by atoms with E-state index >= 15 is 0 Å². The molecule has 1 aliphatic carbocycles. The molecule has 2 N–H and O–H groups in total. The van der Waals surface area contributed by atoms with Crippen LogP contribution in [0.1, 0.15) is 38.4 Å². The standard InChI is InChI=1S/C13H24N4O2/c1-13(2,14)12-15-11(19-16-12)8-17(3)6-7-18-9-10-4-5-10/h10H,4-9,14H2,1-3H3. The highest BCUT2D eigenvalue weighted by molar-refractivity contribution is 4.98. The van der Waals surface area contributed by atoms with Gasteiger partial charge < -0.3 is 15.0 Å². The number of hydrogen-bond donors (Lipinski definition) is 1. The van der Waals surface area contributed by atoms with Crippen LogP contribution in [0.5, 0.6) is 0 Å². The third kappa shape index (κ3) is 4.89. The topological polar surface area (TPSA) is 77.4 Å². The summed E-state index contributed by atoms with van der Waals surface area (Å²) in [5.74, 6) is 1.95. The monoisotopic (exact) mass is 268 g/mol. The minimum Gasteiger partial charge on any atom is -0.380 e. The van der Waals surface area contributed by atoms with Gasteiger partial charge in [-0.2, -0.15) is 4.98 Å². The summed E-state index contributed by atoms with van der Waals surface area (Å²) < 4.78 is 10.8. The summed E-state index contributed by atoms with van der Waals surface area (Å²) in [7, 11) is 2.01. The van der Waals surface area contributed by atoms with Crippen LogP contribution in [0.15, 0.2) is 4.52 Å². The Labute approximate surface area is 114 Å². The van der Waals surface area contributed by atoms with Gasteiger partial charge in [-0.25, -0.2) is 0 Å². The van der Waals surface area contributed by atoms with Crippen LogP contribution < -0.4 is 5.73 Å². The largest absolute Gasteiger partial charge is 0.380 e. The summed E-state index contributed by atoms with van der Waals surface area (Å²) in [5, 5.41) is 3.90. The Morgan fingerprint density at radius 2 is 2.21 bits per heavy atom. The van der Waals surface area contributed by atoms with E-state index in [-0.39, 0.29) is 0 Å². The van der Waals surface area contributed by atoms with Crippen molar-refractivity contribution >= 4 is 0 Å². The predicted molar refractivity (Wildman–Crippen MR) is 71.4 cm³/mol. The Kier molecular flexibility index (Phi) is 4.54. The van der Waals surface area contributed by atoms with Gasteiger partial charge in [-0.3, -0.25) is 4.90 Å². The van der Waals surface area contributed by atoms with Crippen molar-refractivity contribution in [3.05, 3.63) is 11.7 Å². The summed E-state index contributed by atoms with van der Waals surface area (Å²) in [6.45, 7) is 6.84. The van der Waals surface area contributed by atoms with Gasteiger partial charge in [0.25, 0.3) is 0 Å².